The molecule has 1 saturated carbocycles. The average Bonchev–Trinajstić information content (AvgIpc) is 3.33. The fraction of sp³-hybridized carbons (Fsp3) is 0.391. The molecule has 1 aliphatic carbocycles. The molecule has 9 nitrogen and oxygen atoms in total. The van der Waals surface area contributed by atoms with Gasteiger partial charge >= 0.3 is 0 Å². The van der Waals surface area contributed by atoms with Crippen molar-refractivity contribution >= 4 is 22.6 Å². The SMILES string of the molecule is CC(C)c1cc(C(=O)Nc2ccc(-c3nnnn3C3CC3)cc2)c2cnn(C(C)C)c2n1. The van der Waals surface area contributed by atoms with Gasteiger partial charge in [-0.1, -0.05) is 13.8 Å². The van der Waals surface area contributed by atoms with Gasteiger partial charge in [-0.3, -0.25) is 4.79 Å². The zero-order chi connectivity index (χ0) is 22.4. The second-order valence-corrected chi connectivity index (χ2v) is 8.88. The monoisotopic (exact) mass is 430 g/mol. The molecule has 3 aromatic heterocycles. The Morgan fingerprint density at radius 1 is 1.12 bits per heavy atom. The summed E-state index contributed by atoms with van der Waals surface area (Å²) in [6.45, 7) is 8.24. The third-order valence-electron chi connectivity index (χ3n) is 5.70. The number of amides is 1. The molecule has 164 valence electrons. The standard InChI is InChI=1S/C23H26N8O/c1-13(2)20-11-18(19-12-24-30(14(3)4)22(19)26-20)23(32)25-16-7-5-15(6-8-16)21-27-28-29-31(21)17-9-10-17/h5-8,11-14,17H,9-10H2,1-4H3,(H,25,32). The van der Waals surface area contributed by atoms with Crippen LogP contribution in [0.15, 0.2) is 36.5 Å². The minimum Gasteiger partial charge on any atom is -0.322 e. The summed E-state index contributed by atoms with van der Waals surface area (Å²) >= 11 is 0. The molecule has 5 rings (SSSR count). The number of rotatable bonds is 6. The summed E-state index contributed by atoms with van der Waals surface area (Å²) in [4.78, 5) is 18.0. The van der Waals surface area contributed by atoms with E-state index < -0.39 is 0 Å². The zero-order valence-electron chi connectivity index (χ0n) is 18.6. The Morgan fingerprint density at radius 3 is 2.53 bits per heavy atom. The van der Waals surface area contributed by atoms with E-state index in [1.165, 1.54) is 0 Å². The minimum absolute atomic E-state index is 0.151. The maximum absolute atomic E-state index is 13.2. The molecule has 0 atom stereocenters. The number of hydrogen-bond donors (Lipinski definition) is 1. The van der Waals surface area contributed by atoms with Crippen LogP contribution in [-0.4, -0.2) is 40.9 Å². The molecule has 1 N–H and O–H groups in total. The molecule has 9 heteroatoms. The highest BCUT2D eigenvalue weighted by atomic mass is 16.1. The van der Waals surface area contributed by atoms with Crippen molar-refractivity contribution in [3.63, 3.8) is 0 Å². The molecule has 0 spiro atoms. The van der Waals surface area contributed by atoms with Gasteiger partial charge in [0.15, 0.2) is 11.5 Å². The lowest BCUT2D eigenvalue weighted by molar-refractivity contribution is 0.102. The molecule has 0 aliphatic heterocycles. The smallest absolute Gasteiger partial charge is 0.256 e. The van der Waals surface area contributed by atoms with Crippen LogP contribution in [0.2, 0.25) is 0 Å². The minimum atomic E-state index is -0.182. The second-order valence-electron chi connectivity index (χ2n) is 8.88. The maximum atomic E-state index is 13.2. The van der Waals surface area contributed by atoms with Crippen molar-refractivity contribution in [3.05, 3.63) is 47.8 Å². The summed E-state index contributed by atoms with van der Waals surface area (Å²) in [5.41, 5.74) is 3.81. The van der Waals surface area contributed by atoms with E-state index in [1.807, 2.05) is 39.7 Å². The van der Waals surface area contributed by atoms with Crippen molar-refractivity contribution in [1.29, 1.82) is 0 Å². The van der Waals surface area contributed by atoms with Gasteiger partial charge in [-0.25, -0.2) is 14.3 Å². The zero-order valence-corrected chi connectivity index (χ0v) is 18.6. The number of benzene rings is 1. The van der Waals surface area contributed by atoms with Crippen LogP contribution >= 0.6 is 0 Å². The Balaban J connectivity index is 1.44. The molecule has 0 unspecified atom stereocenters. The molecule has 3 heterocycles. The first-order valence-electron chi connectivity index (χ1n) is 11.0. The highest BCUT2D eigenvalue weighted by Gasteiger charge is 2.28. The van der Waals surface area contributed by atoms with E-state index >= 15 is 0 Å². The lowest BCUT2D eigenvalue weighted by Gasteiger charge is -2.12. The summed E-state index contributed by atoms with van der Waals surface area (Å²) in [6.07, 6.45) is 3.94. The van der Waals surface area contributed by atoms with Gasteiger partial charge in [0.05, 0.1) is 23.2 Å². The normalized spacial score (nSPS) is 13.9. The van der Waals surface area contributed by atoms with Crippen LogP contribution in [0.4, 0.5) is 5.69 Å². The molecule has 1 amide bonds. The van der Waals surface area contributed by atoms with Gasteiger partial charge < -0.3 is 5.32 Å². The van der Waals surface area contributed by atoms with Gasteiger partial charge in [0.25, 0.3) is 5.91 Å². The average molecular weight is 431 g/mol. The molecular formula is C23H26N8O. The van der Waals surface area contributed by atoms with E-state index in [-0.39, 0.29) is 17.9 Å². The molecule has 1 fully saturated rings. The first kappa shape index (κ1) is 20.3. The Kier molecular flexibility index (Phi) is 4.96. The van der Waals surface area contributed by atoms with Gasteiger partial charge in [-0.05, 0) is 73.4 Å². The van der Waals surface area contributed by atoms with Crippen LogP contribution < -0.4 is 5.32 Å². The second kappa shape index (κ2) is 7.81. The van der Waals surface area contributed by atoms with Crippen LogP contribution in [0, 0.1) is 0 Å². The number of hydrogen-bond acceptors (Lipinski definition) is 6. The summed E-state index contributed by atoms with van der Waals surface area (Å²) in [7, 11) is 0. The lowest BCUT2D eigenvalue weighted by Crippen LogP contribution is -2.14. The van der Waals surface area contributed by atoms with Gasteiger partial charge in [0.2, 0.25) is 0 Å². The molecule has 4 aromatic rings. The maximum Gasteiger partial charge on any atom is 0.256 e. The predicted molar refractivity (Wildman–Crippen MR) is 121 cm³/mol. The van der Waals surface area contributed by atoms with Gasteiger partial charge in [0, 0.05) is 23.0 Å². The number of carbonyl (C=O) groups is 1. The van der Waals surface area contributed by atoms with Gasteiger partial charge in [0.1, 0.15) is 0 Å². The number of nitrogens with one attached hydrogen (secondary N) is 1. The van der Waals surface area contributed by atoms with Crippen molar-refractivity contribution in [2.45, 2.75) is 58.5 Å². The third-order valence-corrected chi connectivity index (χ3v) is 5.70. The van der Waals surface area contributed by atoms with Gasteiger partial charge in [-0.15, -0.1) is 5.10 Å². The Hall–Kier alpha value is -3.62. The van der Waals surface area contributed by atoms with Crippen LogP contribution in [0.1, 0.15) is 74.6 Å². The van der Waals surface area contributed by atoms with E-state index in [0.29, 0.717) is 17.3 Å². The predicted octanol–water partition coefficient (Wildman–Crippen LogP) is 4.38. The molecule has 0 saturated heterocycles. The molecule has 0 bridgehead atoms. The summed E-state index contributed by atoms with van der Waals surface area (Å²) < 4.78 is 3.73. The van der Waals surface area contributed by atoms with Crippen LogP contribution in [0.5, 0.6) is 0 Å². The number of pyridine rings is 1. The fourth-order valence-electron chi connectivity index (χ4n) is 3.75. The van der Waals surface area contributed by atoms with E-state index in [9.17, 15) is 4.79 Å². The number of aromatic nitrogens is 7. The van der Waals surface area contributed by atoms with Gasteiger partial charge in [-0.2, -0.15) is 5.10 Å². The van der Waals surface area contributed by atoms with E-state index in [4.69, 9.17) is 4.98 Å². The quantitative estimate of drug-likeness (QED) is 0.487. The fourth-order valence-corrected chi connectivity index (χ4v) is 3.75. The van der Waals surface area contributed by atoms with Crippen molar-refractivity contribution in [2.24, 2.45) is 0 Å². The highest BCUT2D eigenvalue weighted by molar-refractivity contribution is 6.12. The Morgan fingerprint density at radius 2 is 1.88 bits per heavy atom. The van der Waals surface area contributed by atoms with E-state index in [2.05, 4.69) is 53.6 Å². The van der Waals surface area contributed by atoms with Crippen LogP contribution in [0.25, 0.3) is 22.4 Å². The molecule has 0 radical (unpaired) electrons. The van der Waals surface area contributed by atoms with Crippen molar-refractivity contribution in [2.75, 3.05) is 5.32 Å². The lowest BCUT2D eigenvalue weighted by atomic mass is 10.0. The number of carbonyl (C=O) groups excluding carboxylic acids is 1. The summed E-state index contributed by atoms with van der Waals surface area (Å²) in [6, 6.07) is 10.0. The molecule has 32 heavy (non-hydrogen) atoms. The van der Waals surface area contributed by atoms with Crippen molar-refractivity contribution < 1.29 is 4.79 Å². The first-order chi connectivity index (χ1) is 15.4. The third kappa shape index (κ3) is 3.63. The number of fused-ring (bicyclic) bond motifs is 1. The molecule has 1 aromatic carbocycles. The van der Waals surface area contributed by atoms with Crippen molar-refractivity contribution in [3.8, 4) is 11.4 Å². The number of tetrazole rings is 1. The van der Waals surface area contributed by atoms with Crippen LogP contribution in [0.3, 0.4) is 0 Å². The highest BCUT2D eigenvalue weighted by Crippen LogP contribution is 2.36. The number of nitrogens with zero attached hydrogens (tertiary/aromatic N) is 7. The van der Waals surface area contributed by atoms with Crippen molar-refractivity contribution in [1.82, 2.24) is 35.0 Å². The topological polar surface area (TPSA) is 103 Å². The van der Waals surface area contributed by atoms with Crippen LogP contribution in [-0.2, 0) is 0 Å². The van der Waals surface area contributed by atoms with E-state index in [0.717, 1.165) is 41.0 Å². The summed E-state index contributed by atoms with van der Waals surface area (Å²) in [5, 5.41) is 20.3. The number of anilines is 1. The van der Waals surface area contributed by atoms with E-state index in [1.54, 1.807) is 6.20 Å². The Bertz CT molecular complexity index is 1280. The largest absolute Gasteiger partial charge is 0.322 e. The molecule has 1 aliphatic rings. The first-order valence-corrected chi connectivity index (χ1v) is 11.0. The summed E-state index contributed by atoms with van der Waals surface area (Å²) in [5.74, 6) is 0.764. The molecular weight excluding hydrogens is 404 g/mol. The Labute approximate surface area is 185 Å².